The number of ether oxygens (including phenoxy) is 1. The molecule has 0 aliphatic heterocycles. The Balaban J connectivity index is 2.17. The summed E-state index contributed by atoms with van der Waals surface area (Å²) >= 11 is 5.77. The molecule has 0 fully saturated rings. The molecule has 7 nitrogen and oxygen atoms in total. The molecule has 24 heavy (non-hydrogen) atoms. The van der Waals surface area contributed by atoms with Crippen molar-refractivity contribution in [2.45, 2.75) is 4.90 Å². The lowest BCUT2D eigenvalue weighted by atomic mass is 10.2. The Labute approximate surface area is 144 Å². The zero-order valence-electron chi connectivity index (χ0n) is 12.6. The first kappa shape index (κ1) is 17.9. The van der Waals surface area contributed by atoms with Gasteiger partial charge < -0.3 is 4.74 Å². The Morgan fingerprint density at radius 1 is 1.29 bits per heavy atom. The number of benzene rings is 2. The van der Waals surface area contributed by atoms with Gasteiger partial charge in [0.15, 0.2) is 0 Å². The number of nitrogens with two attached hydrogens (primary N) is 1. The number of hydrazone groups is 1. The molecular formula is C15H14ClN3O4S. The molecule has 0 atom stereocenters. The summed E-state index contributed by atoms with van der Waals surface area (Å²) in [4.78, 5) is 11.7. The van der Waals surface area contributed by atoms with Crippen LogP contribution in [0.4, 0.5) is 0 Å². The second-order valence-electron chi connectivity index (χ2n) is 4.63. The van der Waals surface area contributed by atoms with Gasteiger partial charge in [-0.2, -0.15) is 5.10 Å². The molecule has 0 bridgehead atoms. The molecule has 2 aromatic carbocycles. The molecule has 0 spiro atoms. The molecule has 0 aliphatic carbocycles. The summed E-state index contributed by atoms with van der Waals surface area (Å²) in [5.41, 5.74) is 3.02. The molecule has 0 heterocycles. The van der Waals surface area contributed by atoms with E-state index < -0.39 is 15.9 Å². The number of nitrogens with one attached hydrogen (secondary N) is 1. The lowest BCUT2D eigenvalue weighted by Crippen LogP contribution is -2.19. The maximum atomic E-state index is 12.0. The van der Waals surface area contributed by atoms with Crippen LogP contribution in [-0.2, 0) is 10.0 Å². The van der Waals surface area contributed by atoms with Crippen LogP contribution in [0.1, 0.15) is 15.9 Å². The smallest absolute Gasteiger partial charge is 0.271 e. The van der Waals surface area contributed by atoms with Crippen molar-refractivity contribution in [1.29, 1.82) is 0 Å². The second-order valence-corrected chi connectivity index (χ2v) is 6.57. The van der Waals surface area contributed by atoms with E-state index in [1.807, 2.05) is 0 Å². The summed E-state index contributed by atoms with van der Waals surface area (Å²) in [6.45, 7) is 0. The van der Waals surface area contributed by atoms with Crippen molar-refractivity contribution < 1.29 is 17.9 Å². The van der Waals surface area contributed by atoms with E-state index in [0.29, 0.717) is 11.3 Å². The minimum atomic E-state index is -4.03. The van der Waals surface area contributed by atoms with E-state index in [0.717, 1.165) is 6.07 Å². The Morgan fingerprint density at radius 3 is 2.67 bits per heavy atom. The Morgan fingerprint density at radius 2 is 2.00 bits per heavy atom. The predicted molar refractivity (Wildman–Crippen MR) is 90.9 cm³/mol. The molecule has 0 saturated heterocycles. The van der Waals surface area contributed by atoms with Crippen LogP contribution in [0.15, 0.2) is 52.5 Å². The fourth-order valence-electron chi connectivity index (χ4n) is 1.86. The van der Waals surface area contributed by atoms with Crippen LogP contribution in [0.3, 0.4) is 0 Å². The molecule has 0 aromatic heterocycles. The number of hydrogen-bond acceptors (Lipinski definition) is 5. The monoisotopic (exact) mass is 367 g/mol. The van der Waals surface area contributed by atoms with E-state index in [9.17, 15) is 13.2 Å². The Kier molecular flexibility index (Phi) is 5.55. The van der Waals surface area contributed by atoms with E-state index in [-0.39, 0.29) is 15.5 Å². The van der Waals surface area contributed by atoms with Gasteiger partial charge in [0.05, 0.1) is 18.3 Å². The van der Waals surface area contributed by atoms with Gasteiger partial charge in [0, 0.05) is 11.1 Å². The zero-order chi connectivity index (χ0) is 17.7. The SMILES string of the molecule is COc1ccccc1C=NNC(=O)c1ccc(Cl)c(S(N)(=O)=O)c1. The predicted octanol–water partition coefficient (Wildman–Crippen LogP) is 1.76. The first-order valence-corrected chi connectivity index (χ1v) is 8.54. The number of methoxy groups -OCH3 is 1. The highest BCUT2D eigenvalue weighted by atomic mass is 35.5. The zero-order valence-corrected chi connectivity index (χ0v) is 14.1. The summed E-state index contributed by atoms with van der Waals surface area (Å²) in [6, 6.07) is 10.8. The Bertz CT molecular complexity index is 897. The van der Waals surface area contributed by atoms with Crippen LogP contribution in [0, 0.1) is 0 Å². The largest absolute Gasteiger partial charge is 0.496 e. The number of rotatable bonds is 5. The molecule has 1 amide bonds. The van der Waals surface area contributed by atoms with Crippen molar-refractivity contribution in [2.75, 3.05) is 7.11 Å². The quantitative estimate of drug-likeness (QED) is 0.619. The third-order valence-corrected chi connectivity index (χ3v) is 4.40. The van der Waals surface area contributed by atoms with Gasteiger partial charge in [0.1, 0.15) is 10.6 Å². The van der Waals surface area contributed by atoms with Crippen LogP contribution >= 0.6 is 11.6 Å². The molecule has 0 unspecified atom stereocenters. The van der Waals surface area contributed by atoms with Gasteiger partial charge in [-0.15, -0.1) is 0 Å². The number of amides is 1. The number of carbonyl (C=O) groups excluding carboxylic acids is 1. The molecule has 0 saturated carbocycles. The molecule has 3 N–H and O–H groups in total. The van der Waals surface area contributed by atoms with Crippen molar-refractivity contribution in [3.63, 3.8) is 0 Å². The minimum absolute atomic E-state index is 0.0561. The van der Waals surface area contributed by atoms with Crippen LogP contribution < -0.4 is 15.3 Å². The minimum Gasteiger partial charge on any atom is -0.496 e. The van der Waals surface area contributed by atoms with Gasteiger partial charge in [-0.1, -0.05) is 23.7 Å². The average Bonchev–Trinajstić information content (AvgIpc) is 2.54. The molecule has 2 aromatic rings. The third-order valence-electron chi connectivity index (χ3n) is 3.01. The number of primary sulfonamides is 1. The number of hydrogen-bond donors (Lipinski definition) is 2. The van der Waals surface area contributed by atoms with Crippen LogP contribution in [0.5, 0.6) is 5.75 Å². The molecule has 0 radical (unpaired) electrons. The van der Waals surface area contributed by atoms with Crippen molar-refractivity contribution in [3.05, 3.63) is 58.6 Å². The number of para-hydroxylation sites is 1. The maximum Gasteiger partial charge on any atom is 0.271 e. The lowest BCUT2D eigenvalue weighted by molar-refractivity contribution is 0.0955. The van der Waals surface area contributed by atoms with Crippen molar-refractivity contribution in [1.82, 2.24) is 5.43 Å². The van der Waals surface area contributed by atoms with Crippen LogP contribution in [-0.4, -0.2) is 27.6 Å². The first-order chi connectivity index (χ1) is 11.3. The normalized spacial score (nSPS) is 11.5. The number of carbonyl (C=O) groups is 1. The maximum absolute atomic E-state index is 12.0. The highest BCUT2D eigenvalue weighted by Gasteiger charge is 2.16. The van der Waals surface area contributed by atoms with E-state index >= 15 is 0 Å². The van der Waals surface area contributed by atoms with Crippen molar-refractivity contribution in [3.8, 4) is 5.75 Å². The summed E-state index contributed by atoms with van der Waals surface area (Å²) in [7, 11) is -2.51. The molecular weight excluding hydrogens is 354 g/mol. The number of sulfonamides is 1. The molecule has 126 valence electrons. The fourth-order valence-corrected chi connectivity index (χ4v) is 2.93. The standard InChI is InChI=1S/C15H14ClN3O4S/c1-23-13-5-3-2-4-11(13)9-18-19-15(20)10-6-7-12(16)14(8-10)24(17,21)22/h2-9H,1H3,(H,19,20)(H2,17,21,22). The summed E-state index contributed by atoms with van der Waals surface area (Å²) < 4.78 is 28.0. The Hall–Kier alpha value is -2.42. The summed E-state index contributed by atoms with van der Waals surface area (Å²) in [5, 5.41) is 8.81. The van der Waals surface area contributed by atoms with Crippen LogP contribution in [0.2, 0.25) is 5.02 Å². The van der Waals surface area contributed by atoms with Gasteiger partial charge in [0.25, 0.3) is 5.91 Å². The summed E-state index contributed by atoms with van der Waals surface area (Å²) in [5.74, 6) is -0.0128. The highest BCUT2D eigenvalue weighted by Crippen LogP contribution is 2.21. The van der Waals surface area contributed by atoms with Crippen molar-refractivity contribution >= 4 is 33.7 Å². The van der Waals surface area contributed by atoms with Gasteiger partial charge in [-0.3, -0.25) is 4.79 Å². The average molecular weight is 368 g/mol. The van der Waals surface area contributed by atoms with E-state index in [4.69, 9.17) is 21.5 Å². The lowest BCUT2D eigenvalue weighted by Gasteiger charge is -2.05. The van der Waals surface area contributed by atoms with Gasteiger partial charge >= 0.3 is 0 Å². The molecule has 2 rings (SSSR count). The summed E-state index contributed by atoms with van der Waals surface area (Å²) in [6.07, 6.45) is 1.41. The van der Waals surface area contributed by atoms with E-state index in [1.165, 1.54) is 25.5 Å². The molecule has 0 aliphatic rings. The van der Waals surface area contributed by atoms with E-state index in [1.54, 1.807) is 24.3 Å². The fraction of sp³-hybridized carbons (Fsp3) is 0.0667. The van der Waals surface area contributed by atoms with Crippen LogP contribution in [0.25, 0.3) is 0 Å². The first-order valence-electron chi connectivity index (χ1n) is 6.61. The van der Waals surface area contributed by atoms with Crippen molar-refractivity contribution in [2.24, 2.45) is 10.2 Å². The van der Waals surface area contributed by atoms with Gasteiger partial charge in [-0.25, -0.2) is 19.0 Å². The number of nitrogens with zero attached hydrogens (tertiary/aromatic N) is 1. The topological polar surface area (TPSA) is 111 Å². The van der Waals surface area contributed by atoms with E-state index in [2.05, 4.69) is 10.5 Å². The molecule has 9 heteroatoms. The van der Waals surface area contributed by atoms with Gasteiger partial charge in [-0.05, 0) is 30.3 Å². The van der Waals surface area contributed by atoms with Gasteiger partial charge in [0.2, 0.25) is 10.0 Å². The highest BCUT2D eigenvalue weighted by molar-refractivity contribution is 7.89. The number of halogens is 1. The second kappa shape index (κ2) is 7.43. The third kappa shape index (κ3) is 4.31.